The van der Waals surface area contributed by atoms with Crippen LogP contribution in [-0.4, -0.2) is 28.7 Å². The number of nitrogen functional groups attached to an aromatic ring is 1. The summed E-state index contributed by atoms with van der Waals surface area (Å²) in [7, 11) is -2.01. The number of rotatable bonds is 7. The molecule has 2 rings (SSSR count). The Kier molecular flexibility index (Phi) is 4.22. The number of benzene rings is 1. The number of ether oxygens (including phenoxy) is 1. The Labute approximate surface area is 119 Å². The van der Waals surface area contributed by atoms with Crippen molar-refractivity contribution >= 4 is 21.4 Å². The minimum Gasteiger partial charge on any atom is -0.397 e. The summed E-state index contributed by atoms with van der Waals surface area (Å²) in [4.78, 5) is 0.0288. The molecule has 20 heavy (non-hydrogen) atoms. The van der Waals surface area contributed by atoms with E-state index in [0.29, 0.717) is 11.1 Å². The molecule has 112 valence electrons. The lowest BCUT2D eigenvalue weighted by atomic mass is 10.0. The van der Waals surface area contributed by atoms with E-state index in [1.807, 2.05) is 0 Å². The van der Waals surface area contributed by atoms with E-state index in [4.69, 9.17) is 15.6 Å². The Morgan fingerprint density at radius 2 is 2.10 bits per heavy atom. The second-order valence-electron chi connectivity index (χ2n) is 5.39. The third-order valence-corrected chi connectivity index (χ3v) is 4.71. The van der Waals surface area contributed by atoms with Crippen LogP contribution in [0.25, 0.3) is 0 Å². The highest BCUT2D eigenvalue weighted by atomic mass is 32.2. The van der Waals surface area contributed by atoms with Crippen LogP contribution >= 0.6 is 0 Å². The van der Waals surface area contributed by atoms with E-state index in [9.17, 15) is 8.42 Å². The molecular formula is C13H21N3O3S. The number of anilines is 2. The van der Waals surface area contributed by atoms with Crippen molar-refractivity contribution in [2.24, 2.45) is 10.6 Å². The van der Waals surface area contributed by atoms with Gasteiger partial charge in [0.25, 0.3) is 0 Å². The zero-order valence-corrected chi connectivity index (χ0v) is 12.4. The lowest BCUT2D eigenvalue weighted by Crippen LogP contribution is -2.18. The van der Waals surface area contributed by atoms with Crippen LogP contribution in [0.4, 0.5) is 11.4 Å². The molecule has 0 heterocycles. The largest absolute Gasteiger partial charge is 0.397 e. The first-order valence-corrected chi connectivity index (χ1v) is 8.06. The Bertz CT molecular complexity index is 583. The van der Waals surface area contributed by atoms with Crippen molar-refractivity contribution in [2.75, 3.05) is 31.3 Å². The Hall–Kier alpha value is -1.31. The molecule has 0 spiro atoms. The Balaban J connectivity index is 2.01. The van der Waals surface area contributed by atoms with Crippen LogP contribution in [0.3, 0.4) is 0 Å². The Morgan fingerprint density at radius 3 is 2.60 bits per heavy atom. The summed E-state index contributed by atoms with van der Waals surface area (Å²) >= 11 is 0. The van der Waals surface area contributed by atoms with Gasteiger partial charge in [-0.05, 0) is 42.9 Å². The molecule has 0 saturated heterocycles. The molecule has 1 aromatic rings. The minimum atomic E-state index is -3.71. The monoisotopic (exact) mass is 299 g/mol. The van der Waals surface area contributed by atoms with Gasteiger partial charge in [-0.15, -0.1) is 0 Å². The van der Waals surface area contributed by atoms with Gasteiger partial charge >= 0.3 is 0 Å². The minimum absolute atomic E-state index is 0.0288. The lowest BCUT2D eigenvalue weighted by molar-refractivity contribution is 0.175. The smallest absolute Gasteiger partial charge is 0.238 e. The predicted octanol–water partition coefficient (Wildman–Crippen LogP) is 1.14. The van der Waals surface area contributed by atoms with Gasteiger partial charge in [0.1, 0.15) is 0 Å². The summed E-state index contributed by atoms with van der Waals surface area (Å²) in [6.07, 6.45) is 3.38. The van der Waals surface area contributed by atoms with Crippen LogP contribution in [0.15, 0.2) is 23.1 Å². The predicted molar refractivity (Wildman–Crippen MR) is 78.9 cm³/mol. The summed E-state index contributed by atoms with van der Waals surface area (Å²) in [5.41, 5.74) is 7.28. The molecule has 0 aromatic heterocycles. The van der Waals surface area contributed by atoms with Crippen LogP contribution < -0.4 is 16.2 Å². The molecule has 0 bridgehead atoms. The van der Waals surface area contributed by atoms with Gasteiger partial charge in [-0.3, -0.25) is 0 Å². The summed E-state index contributed by atoms with van der Waals surface area (Å²) in [5.74, 6) is 0. The van der Waals surface area contributed by atoms with Crippen LogP contribution in [0.1, 0.15) is 19.3 Å². The van der Waals surface area contributed by atoms with E-state index in [2.05, 4.69) is 5.32 Å². The second kappa shape index (κ2) is 5.59. The molecule has 0 amide bonds. The van der Waals surface area contributed by atoms with E-state index < -0.39 is 10.0 Å². The van der Waals surface area contributed by atoms with E-state index >= 15 is 0 Å². The molecule has 1 aromatic carbocycles. The zero-order chi connectivity index (χ0) is 14.8. The maximum absolute atomic E-state index is 11.2. The standard InChI is InChI=1S/C13H21N3O3S/c1-19-7-6-13(4-5-13)9-16-12-3-2-10(8-11(12)14)20(15,17)18/h2-3,8,16H,4-7,9,14H2,1H3,(H2,15,17,18). The molecular weight excluding hydrogens is 278 g/mol. The van der Waals surface area contributed by atoms with Gasteiger partial charge in [-0.1, -0.05) is 0 Å². The third-order valence-electron chi connectivity index (χ3n) is 3.80. The molecule has 1 aliphatic rings. The average molecular weight is 299 g/mol. The van der Waals surface area contributed by atoms with Crippen LogP contribution in [-0.2, 0) is 14.8 Å². The number of nitrogens with one attached hydrogen (secondary N) is 1. The van der Waals surface area contributed by atoms with Crippen molar-refractivity contribution in [3.05, 3.63) is 18.2 Å². The molecule has 0 atom stereocenters. The van der Waals surface area contributed by atoms with E-state index in [-0.39, 0.29) is 4.90 Å². The van der Waals surface area contributed by atoms with Gasteiger partial charge in [0, 0.05) is 20.3 Å². The summed E-state index contributed by atoms with van der Waals surface area (Å²) in [6.45, 7) is 1.57. The van der Waals surface area contributed by atoms with E-state index in [1.165, 1.54) is 25.0 Å². The molecule has 1 saturated carbocycles. The molecule has 6 nitrogen and oxygen atoms in total. The van der Waals surface area contributed by atoms with Crippen LogP contribution in [0, 0.1) is 5.41 Å². The third kappa shape index (κ3) is 3.62. The van der Waals surface area contributed by atoms with E-state index in [1.54, 1.807) is 13.2 Å². The first-order valence-electron chi connectivity index (χ1n) is 6.51. The molecule has 1 aliphatic carbocycles. The number of methoxy groups -OCH3 is 1. The summed E-state index contributed by atoms with van der Waals surface area (Å²) < 4.78 is 27.6. The molecule has 0 radical (unpaired) electrons. The molecule has 0 aliphatic heterocycles. The van der Waals surface area contributed by atoms with Crippen LogP contribution in [0.5, 0.6) is 0 Å². The highest BCUT2D eigenvalue weighted by Crippen LogP contribution is 2.48. The fourth-order valence-corrected chi connectivity index (χ4v) is 2.72. The fourth-order valence-electron chi connectivity index (χ4n) is 2.17. The normalized spacial score (nSPS) is 16.9. The van der Waals surface area contributed by atoms with Crippen LogP contribution in [0.2, 0.25) is 0 Å². The first-order chi connectivity index (χ1) is 9.36. The number of hydrogen-bond acceptors (Lipinski definition) is 5. The first kappa shape index (κ1) is 15.1. The van der Waals surface area contributed by atoms with Crippen molar-refractivity contribution < 1.29 is 13.2 Å². The highest BCUT2D eigenvalue weighted by molar-refractivity contribution is 7.89. The zero-order valence-electron chi connectivity index (χ0n) is 11.6. The van der Waals surface area contributed by atoms with Gasteiger partial charge < -0.3 is 15.8 Å². The van der Waals surface area contributed by atoms with Gasteiger partial charge in [0.05, 0.1) is 16.3 Å². The maximum Gasteiger partial charge on any atom is 0.238 e. The quantitative estimate of drug-likeness (QED) is 0.654. The van der Waals surface area contributed by atoms with Crippen molar-refractivity contribution in [1.82, 2.24) is 0 Å². The van der Waals surface area contributed by atoms with Gasteiger partial charge in [-0.25, -0.2) is 13.6 Å². The number of sulfonamides is 1. The number of primary sulfonamides is 1. The molecule has 0 unspecified atom stereocenters. The second-order valence-corrected chi connectivity index (χ2v) is 6.95. The van der Waals surface area contributed by atoms with Crippen molar-refractivity contribution in [3.63, 3.8) is 0 Å². The summed E-state index contributed by atoms with van der Waals surface area (Å²) in [5, 5.41) is 8.35. The summed E-state index contributed by atoms with van der Waals surface area (Å²) in [6, 6.07) is 4.50. The average Bonchev–Trinajstić information content (AvgIpc) is 3.14. The molecule has 7 heteroatoms. The number of hydrogen-bond donors (Lipinski definition) is 3. The lowest BCUT2D eigenvalue weighted by Gasteiger charge is -2.17. The topological polar surface area (TPSA) is 107 Å². The fraction of sp³-hybridized carbons (Fsp3) is 0.538. The van der Waals surface area contributed by atoms with Gasteiger partial charge in [-0.2, -0.15) is 0 Å². The van der Waals surface area contributed by atoms with Crippen molar-refractivity contribution in [3.8, 4) is 0 Å². The SMILES string of the molecule is COCCC1(CNc2ccc(S(N)(=O)=O)cc2N)CC1. The molecule has 5 N–H and O–H groups in total. The molecule has 1 fully saturated rings. The van der Waals surface area contributed by atoms with Gasteiger partial charge in [0.15, 0.2) is 0 Å². The maximum atomic E-state index is 11.2. The Morgan fingerprint density at radius 1 is 1.40 bits per heavy atom. The number of nitrogens with two attached hydrogens (primary N) is 2. The van der Waals surface area contributed by atoms with E-state index in [0.717, 1.165) is 25.3 Å². The van der Waals surface area contributed by atoms with Crippen molar-refractivity contribution in [1.29, 1.82) is 0 Å². The van der Waals surface area contributed by atoms with Gasteiger partial charge in [0.2, 0.25) is 10.0 Å². The van der Waals surface area contributed by atoms with Crippen molar-refractivity contribution in [2.45, 2.75) is 24.2 Å². The highest BCUT2D eigenvalue weighted by Gasteiger charge is 2.41.